The molecule has 1 N–H and O–H groups in total. The van der Waals surface area contributed by atoms with Gasteiger partial charge in [-0.3, -0.25) is 9.48 Å². The van der Waals surface area contributed by atoms with Gasteiger partial charge in [0.05, 0.1) is 11.9 Å². The van der Waals surface area contributed by atoms with E-state index in [0.29, 0.717) is 24.7 Å². The van der Waals surface area contributed by atoms with Gasteiger partial charge in [0.25, 0.3) is 5.91 Å². The first-order valence-electron chi connectivity index (χ1n) is 7.63. The molecule has 2 heterocycles. The van der Waals surface area contributed by atoms with Crippen LogP contribution < -0.4 is 5.32 Å². The van der Waals surface area contributed by atoms with Crippen LogP contribution in [0.5, 0.6) is 0 Å². The summed E-state index contributed by atoms with van der Waals surface area (Å²) >= 11 is 0. The first-order chi connectivity index (χ1) is 10.3. The van der Waals surface area contributed by atoms with Crippen molar-refractivity contribution >= 4 is 5.91 Å². The predicted octanol–water partition coefficient (Wildman–Crippen LogP) is 2.39. The molecule has 2 aromatic rings. The van der Waals surface area contributed by atoms with Gasteiger partial charge in [0.15, 0.2) is 0 Å². The Balaban J connectivity index is 2.06. The van der Waals surface area contributed by atoms with E-state index in [0.717, 1.165) is 5.69 Å². The second kappa shape index (κ2) is 6.34. The Morgan fingerprint density at radius 1 is 1.36 bits per heavy atom. The lowest BCUT2D eigenvalue weighted by molar-refractivity contribution is 0.0945. The number of carbonyl (C=O) groups excluding carboxylic acids is 1. The van der Waals surface area contributed by atoms with Crippen molar-refractivity contribution in [2.45, 2.75) is 52.6 Å². The zero-order chi connectivity index (χ0) is 16.3. The summed E-state index contributed by atoms with van der Waals surface area (Å²) in [5.74, 6) is 0.184. The number of aromatic nitrogens is 4. The van der Waals surface area contributed by atoms with Gasteiger partial charge < -0.3 is 9.88 Å². The maximum Gasteiger partial charge on any atom is 0.271 e. The average Bonchev–Trinajstić information content (AvgIpc) is 3.06. The topological polar surface area (TPSA) is 64.7 Å². The van der Waals surface area contributed by atoms with E-state index < -0.39 is 0 Å². The van der Waals surface area contributed by atoms with Gasteiger partial charge in [-0.1, -0.05) is 13.8 Å². The molecule has 1 amide bonds. The Labute approximate surface area is 131 Å². The number of rotatable bonds is 5. The summed E-state index contributed by atoms with van der Waals surface area (Å²) in [6.45, 7) is 11.7. The van der Waals surface area contributed by atoms with E-state index in [4.69, 9.17) is 0 Å². The lowest BCUT2D eigenvalue weighted by Gasteiger charge is -2.23. The maximum absolute atomic E-state index is 12.3. The fourth-order valence-corrected chi connectivity index (χ4v) is 2.26. The van der Waals surface area contributed by atoms with Gasteiger partial charge in [-0.2, -0.15) is 5.10 Å². The average molecular weight is 303 g/mol. The Morgan fingerprint density at radius 3 is 2.59 bits per heavy atom. The zero-order valence-corrected chi connectivity index (χ0v) is 14.0. The standard InChI is InChI=1S/C16H25N5O/c1-12(2)14-10-13(19-21(14)16(3,4)5)15(22)18-7-9-20-8-6-17-11-20/h6,8,10-12H,7,9H2,1-5H3,(H,18,22). The fourth-order valence-electron chi connectivity index (χ4n) is 2.26. The molecule has 2 rings (SSSR count). The molecular weight excluding hydrogens is 278 g/mol. The van der Waals surface area contributed by atoms with Gasteiger partial charge in [0, 0.05) is 31.2 Å². The van der Waals surface area contributed by atoms with Gasteiger partial charge in [-0.05, 0) is 32.8 Å². The molecule has 0 unspecified atom stereocenters. The summed E-state index contributed by atoms with van der Waals surface area (Å²) in [7, 11) is 0. The van der Waals surface area contributed by atoms with E-state index in [2.05, 4.69) is 50.0 Å². The lowest BCUT2D eigenvalue weighted by atomic mass is 10.1. The third kappa shape index (κ3) is 3.75. The minimum absolute atomic E-state index is 0.134. The Bertz CT molecular complexity index is 620. The molecule has 2 aromatic heterocycles. The summed E-state index contributed by atoms with van der Waals surface area (Å²) in [6, 6.07) is 1.89. The second-order valence-electron chi connectivity index (χ2n) is 6.75. The van der Waals surface area contributed by atoms with Crippen LogP contribution in [-0.2, 0) is 12.1 Å². The number of carbonyl (C=O) groups is 1. The van der Waals surface area contributed by atoms with Crippen LogP contribution in [-0.4, -0.2) is 31.8 Å². The molecule has 120 valence electrons. The first-order valence-corrected chi connectivity index (χ1v) is 7.63. The van der Waals surface area contributed by atoms with Crippen LogP contribution in [0.3, 0.4) is 0 Å². The summed E-state index contributed by atoms with van der Waals surface area (Å²) in [4.78, 5) is 16.3. The molecule has 0 aliphatic heterocycles. The van der Waals surface area contributed by atoms with Crippen molar-refractivity contribution in [2.24, 2.45) is 0 Å². The van der Waals surface area contributed by atoms with E-state index >= 15 is 0 Å². The normalized spacial score (nSPS) is 11.9. The largest absolute Gasteiger partial charge is 0.349 e. The monoisotopic (exact) mass is 303 g/mol. The molecule has 0 saturated heterocycles. The molecule has 0 aliphatic carbocycles. The molecule has 0 radical (unpaired) electrons. The smallest absolute Gasteiger partial charge is 0.271 e. The van der Waals surface area contributed by atoms with Crippen LogP contribution in [0.25, 0.3) is 0 Å². The van der Waals surface area contributed by atoms with Crippen molar-refractivity contribution < 1.29 is 4.79 Å². The molecule has 0 aromatic carbocycles. The molecule has 0 saturated carbocycles. The fraction of sp³-hybridized carbons (Fsp3) is 0.562. The number of amides is 1. The Hall–Kier alpha value is -2.11. The van der Waals surface area contributed by atoms with E-state index in [1.165, 1.54) is 0 Å². The van der Waals surface area contributed by atoms with Crippen molar-refractivity contribution in [1.29, 1.82) is 0 Å². The van der Waals surface area contributed by atoms with Crippen LogP contribution >= 0.6 is 0 Å². The lowest BCUT2D eigenvalue weighted by Crippen LogP contribution is -2.29. The third-order valence-electron chi connectivity index (χ3n) is 3.41. The highest BCUT2D eigenvalue weighted by atomic mass is 16.1. The van der Waals surface area contributed by atoms with Crippen molar-refractivity contribution in [2.75, 3.05) is 6.54 Å². The van der Waals surface area contributed by atoms with Crippen LogP contribution in [0.1, 0.15) is 56.7 Å². The number of imidazole rings is 1. The van der Waals surface area contributed by atoms with E-state index in [1.54, 1.807) is 12.5 Å². The van der Waals surface area contributed by atoms with Crippen LogP contribution in [0.2, 0.25) is 0 Å². The van der Waals surface area contributed by atoms with Crippen LogP contribution in [0.15, 0.2) is 24.8 Å². The second-order valence-corrected chi connectivity index (χ2v) is 6.75. The van der Waals surface area contributed by atoms with E-state index in [-0.39, 0.29) is 11.4 Å². The first kappa shape index (κ1) is 16.3. The summed E-state index contributed by atoms with van der Waals surface area (Å²) in [5.41, 5.74) is 1.41. The quantitative estimate of drug-likeness (QED) is 0.922. The van der Waals surface area contributed by atoms with Crippen LogP contribution in [0.4, 0.5) is 0 Å². The van der Waals surface area contributed by atoms with Gasteiger partial charge in [0.1, 0.15) is 5.69 Å². The highest BCUT2D eigenvalue weighted by Crippen LogP contribution is 2.23. The summed E-state index contributed by atoms with van der Waals surface area (Å²) in [6.07, 6.45) is 5.33. The summed E-state index contributed by atoms with van der Waals surface area (Å²) < 4.78 is 3.87. The number of hydrogen-bond donors (Lipinski definition) is 1. The SMILES string of the molecule is CC(C)c1cc(C(=O)NCCn2ccnc2)nn1C(C)(C)C. The Morgan fingerprint density at radius 2 is 2.09 bits per heavy atom. The van der Waals surface area contributed by atoms with Gasteiger partial charge in [0.2, 0.25) is 0 Å². The van der Waals surface area contributed by atoms with E-state index in [1.807, 2.05) is 21.5 Å². The van der Waals surface area contributed by atoms with Crippen molar-refractivity contribution in [3.8, 4) is 0 Å². The van der Waals surface area contributed by atoms with Gasteiger partial charge in [-0.25, -0.2) is 4.98 Å². The van der Waals surface area contributed by atoms with Gasteiger partial charge >= 0.3 is 0 Å². The maximum atomic E-state index is 12.3. The molecule has 0 fully saturated rings. The predicted molar refractivity (Wildman–Crippen MR) is 85.9 cm³/mol. The van der Waals surface area contributed by atoms with Crippen molar-refractivity contribution in [1.82, 2.24) is 24.6 Å². The molecule has 22 heavy (non-hydrogen) atoms. The Kier molecular flexibility index (Phi) is 4.68. The van der Waals surface area contributed by atoms with E-state index in [9.17, 15) is 4.79 Å². The van der Waals surface area contributed by atoms with Crippen molar-refractivity contribution in [3.63, 3.8) is 0 Å². The minimum atomic E-state index is -0.144. The molecule has 0 aliphatic rings. The highest BCUT2D eigenvalue weighted by Gasteiger charge is 2.23. The number of nitrogens with zero attached hydrogens (tertiary/aromatic N) is 4. The van der Waals surface area contributed by atoms with Crippen molar-refractivity contribution in [3.05, 3.63) is 36.2 Å². The molecule has 0 spiro atoms. The number of hydrogen-bond acceptors (Lipinski definition) is 3. The number of nitrogens with one attached hydrogen (secondary N) is 1. The molecule has 0 atom stereocenters. The third-order valence-corrected chi connectivity index (χ3v) is 3.41. The van der Waals surface area contributed by atoms with Gasteiger partial charge in [-0.15, -0.1) is 0 Å². The molecule has 6 nitrogen and oxygen atoms in total. The van der Waals surface area contributed by atoms with Crippen LogP contribution in [0, 0.1) is 0 Å². The minimum Gasteiger partial charge on any atom is -0.349 e. The summed E-state index contributed by atoms with van der Waals surface area (Å²) in [5, 5.41) is 7.41. The molecular formula is C16H25N5O. The highest BCUT2D eigenvalue weighted by molar-refractivity contribution is 5.92. The zero-order valence-electron chi connectivity index (χ0n) is 14.0. The molecule has 6 heteroatoms. The molecule has 0 bridgehead atoms.